The van der Waals surface area contributed by atoms with Gasteiger partial charge in [-0.2, -0.15) is 0 Å². The number of rotatable bonds is 10. The van der Waals surface area contributed by atoms with Crippen molar-refractivity contribution in [3.8, 4) is 0 Å². The van der Waals surface area contributed by atoms with Crippen molar-refractivity contribution >= 4 is 0 Å². The van der Waals surface area contributed by atoms with Crippen LogP contribution in [0.5, 0.6) is 0 Å². The van der Waals surface area contributed by atoms with E-state index in [-0.39, 0.29) is 0 Å². The van der Waals surface area contributed by atoms with E-state index in [4.69, 9.17) is 0 Å². The Morgan fingerprint density at radius 3 is 2.05 bits per heavy atom. The molecule has 0 heterocycles. The molecule has 1 saturated carbocycles. The van der Waals surface area contributed by atoms with Crippen LogP contribution < -0.4 is 0 Å². The third kappa shape index (κ3) is 8.47. The second kappa shape index (κ2) is 10.5. The molecule has 1 heteroatoms. The molecule has 0 atom stereocenters. The zero-order valence-electron chi connectivity index (χ0n) is 13.0. The molecule has 1 nitrogen and oxygen atoms in total. The number of hydrogen-bond acceptors (Lipinski definition) is 1. The molecular weight excluding hydrogens is 232 g/mol. The quantitative estimate of drug-likeness (QED) is 0.393. The molecule has 112 valence electrons. The summed E-state index contributed by atoms with van der Waals surface area (Å²) in [6, 6.07) is 0. The summed E-state index contributed by atoms with van der Waals surface area (Å²) in [5.41, 5.74) is -0.460. The third-order valence-corrected chi connectivity index (χ3v) is 4.37. The topological polar surface area (TPSA) is 20.2 Å². The van der Waals surface area contributed by atoms with Gasteiger partial charge < -0.3 is 5.11 Å². The van der Waals surface area contributed by atoms with E-state index in [0.717, 1.165) is 19.3 Å². The highest BCUT2D eigenvalue weighted by molar-refractivity contribution is 5.02. The van der Waals surface area contributed by atoms with Crippen molar-refractivity contribution in [1.29, 1.82) is 0 Å². The van der Waals surface area contributed by atoms with Crippen molar-refractivity contribution in [2.45, 2.75) is 102 Å². The van der Waals surface area contributed by atoms with Gasteiger partial charge in [0.1, 0.15) is 0 Å². The molecule has 1 rings (SSSR count). The number of unbranched alkanes of at least 4 members (excludes halogenated alkanes) is 8. The molecule has 0 saturated heterocycles. The largest absolute Gasteiger partial charge is 0.386 e. The molecule has 0 amide bonds. The molecule has 1 aliphatic carbocycles. The second-order valence-electron chi connectivity index (χ2n) is 6.33. The van der Waals surface area contributed by atoms with Crippen LogP contribution >= 0.6 is 0 Å². The Morgan fingerprint density at radius 2 is 1.42 bits per heavy atom. The molecule has 0 unspecified atom stereocenters. The number of aliphatic hydroxyl groups is 1. The van der Waals surface area contributed by atoms with Gasteiger partial charge in [0.25, 0.3) is 0 Å². The van der Waals surface area contributed by atoms with Gasteiger partial charge in [-0.15, -0.1) is 0 Å². The average molecular weight is 266 g/mol. The first-order chi connectivity index (χ1) is 9.27. The van der Waals surface area contributed by atoms with Gasteiger partial charge in [0.2, 0.25) is 0 Å². The standard InChI is InChI=1S/C18H34O/c1-2-3-4-5-6-7-8-9-10-12-15-18(19)16-13-11-14-17-18/h12,15,19H,2-11,13-14,16-17H2,1H3. The molecule has 1 N–H and O–H groups in total. The van der Waals surface area contributed by atoms with Crippen molar-refractivity contribution in [3.63, 3.8) is 0 Å². The summed E-state index contributed by atoms with van der Waals surface area (Å²) in [6.45, 7) is 2.27. The SMILES string of the molecule is CCCCCCCCCCC=CC1(O)CCCCC1. The molecule has 0 aromatic carbocycles. The van der Waals surface area contributed by atoms with Crippen molar-refractivity contribution in [1.82, 2.24) is 0 Å². The second-order valence-corrected chi connectivity index (χ2v) is 6.33. The molecule has 19 heavy (non-hydrogen) atoms. The fourth-order valence-electron chi connectivity index (χ4n) is 3.03. The maximum Gasteiger partial charge on any atom is 0.0827 e. The minimum atomic E-state index is -0.460. The molecule has 0 radical (unpaired) electrons. The van der Waals surface area contributed by atoms with E-state index >= 15 is 0 Å². The molecule has 0 aliphatic heterocycles. The van der Waals surface area contributed by atoms with Crippen LogP contribution in [0.15, 0.2) is 12.2 Å². The number of hydrogen-bond donors (Lipinski definition) is 1. The molecule has 0 aromatic rings. The maximum atomic E-state index is 10.3. The van der Waals surface area contributed by atoms with Gasteiger partial charge in [-0.05, 0) is 25.7 Å². The summed E-state index contributed by atoms with van der Waals surface area (Å²) in [5, 5.41) is 10.3. The van der Waals surface area contributed by atoms with Crippen molar-refractivity contribution in [2.75, 3.05) is 0 Å². The van der Waals surface area contributed by atoms with Gasteiger partial charge in [0.05, 0.1) is 5.60 Å². The van der Waals surface area contributed by atoms with E-state index in [1.165, 1.54) is 70.6 Å². The van der Waals surface area contributed by atoms with Crippen molar-refractivity contribution in [3.05, 3.63) is 12.2 Å². The van der Waals surface area contributed by atoms with E-state index in [1.807, 2.05) is 0 Å². The van der Waals surface area contributed by atoms with E-state index < -0.39 is 5.60 Å². The van der Waals surface area contributed by atoms with Gasteiger partial charge in [0, 0.05) is 0 Å². The summed E-state index contributed by atoms with van der Waals surface area (Å²) < 4.78 is 0. The summed E-state index contributed by atoms with van der Waals surface area (Å²) in [4.78, 5) is 0. The van der Waals surface area contributed by atoms with Gasteiger partial charge in [-0.1, -0.05) is 83.3 Å². The molecule has 0 aromatic heterocycles. The predicted molar refractivity (Wildman–Crippen MR) is 84.4 cm³/mol. The lowest BCUT2D eigenvalue weighted by Crippen LogP contribution is -2.28. The molecule has 1 aliphatic rings. The fourth-order valence-corrected chi connectivity index (χ4v) is 3.03. The summed E-state index contributed by atoms with van der Waals surface area (Å²) >= 11 is 0. The average Bonchev–Trinajstić information content (AvgIpc) is 2.42. The van der Waals surface area contributed by atoms with Gasteiger partial charge in [-0.25, -0.2) is 0 Å². The Balaban J connectivity index is 1.92. The lowest BCUT2D eigenvalue weighted by Gasteiger charge is -2.28. The Hall–Kier alpha value is -0.300. The van der Waals surface area contributed by atoms with E-state index in [0.29, 0.717) is 0 Å². The third-order valence-electron chi connectivity index (χ3n) is 4.37. The van der Waals surface area contributed by atoms with Crippen LogP contribution in [0.2, 0.25) is 0 Å². The molecular formula is C18H34O. The van der Waals surface area contributed by atoms with Gasteiger partial charge in [-0.3, -0.25) is 0 Å². The van der Waals surface area contributed by atoms with Gasteiger partial charge >= 0.3 is 0 Å². The summed E-state index contributed by atoms with van der Waals surface area (Å²) in [7, 11) is 0. The van der Waals surface area contributed by atoms with E-state index in [2.05, 4.69) is 19.1 Å². The lowest BCUT2D eigenvalue weighted by molar-refractivity contribution is 0.0511. The van der Waals surface area contributed by atoms with Crippen LogP contribution in [0.4, 0.5) is 0 Å². The highest BCUT2D eigenvalue weighted by Crippen LogP contribution is 2.29. The predicted octanol–water partition coefficient (Wildman–Crippen LogP) is 5.77. The minimum absolute atomic E-state index is 0.460. The minimum Gasteiger partial charge on any atom is -0.386 e. The lowest BCUT2D eigenvalue weighted by atomic mass is 9.84. The van der Waals surface area contributed by atoms with Crippen LogP contribution in [0.3, 0.4) is 0 Å². The smallest absolute Gasteiger partial charge is 0.0827 e. The molecule has 1 fully saturated rings. The Bertz CT molecular complexity index is 226. The van der Waals surface area contributed by atoms with Crippen LogP contribution in [-0.4, -0.2) is 10.7 Å². The fraction of sp³-hybridized carbons (Fsp3) is 0.889. The Labute approximate surface area is 120 Å². The van der Waals surface area contributed by atoms with E-state index in [9.17, 15) is 5.11 Å². The zero-order chi connectivity index (χ0) is 13.8. The summed E-state index contributed by atoms with van der Waals surface area (Å²) in [6.07, 6.45) is 22.1. The number of allylic oxidation sites excluding steroid dienone is 1. The maximum absolute atomic E-state index is 10.3. The summed E-state index contributed by atoms with van der Waals surface area (Å²) in [5.74, 6) is 0. The van der Waals surface area contributed by atoms with Crippen LogP contribution in [0.25, 0.3) is 0 Å². The first-order valence-corrected chi connectivity index (χ1v) is 8.67. The highest BCUT2D eigenvalue weighted by Gasteiger charge is 2.25. The Morgan fingerprint density at radius 1 is 0.842 bits per heavy atom. The van der Waals surface area contributed by atoms with E-state index in [1.54, 1.807) is 0 Å². The van der Waals surface area contributed by atoms with Crippen LogP contribution in [0, 0.1) is 0 Å². The Kier molecular flexibility index (Phi) is 9.24. The monoisotopic (exact) mass is 266 g/mol. The van der Waals surface area contributed by atoms with Crippen molar-refractivity contribution in [2.24, 2.45) is 0 Å². The first-order valence-electron chi connectivity index (χ1n) is 8.67. The highest BCUT2D eigenvalue weighted by atomic mass is 16.3. The van der Waals surface area contributed by atoms with Gasteiger partial charge in [0.15, 0.2) is 0 Å². The first kappa shape index (κ1) is 16.8. The van der Waals surface area contributed by atoms with Crippen molar-refractivity contribution < 1.29 is 5.11 Å². The normalized spacial score (nSPS) is 19.1. The van der Waals surface area contributed by atoms with Crippen LogP contribution in [-0.2, 0) is 0 Å². The molecule has 0 bridgehead atoms. The zero-order valence-corrected chi connectivity index (χ0v) is 13.0. The van der Waals surface area contributed by atoms with Crippen LogP contribution in [0.1, 0.15) is 96.8 Å². The molecule has 0 spiro atoms.